The lowest BCUT2D eigenvalue weighted by molar-refractivity contribution is -0.141. The van der Waals surface area contributed by atoms with Gasteiger partial charge in [0.15, 0.2) is 6.04 Å². The van der Waals surface area contributed by atoms with Crippen molar-refractivity contribution in [3.8, 4) is 0 Å². The van der Waals surface area contributed by atoms with Crippen molar-refractivity contribution < 1.29 is 9.90 Å². The Labute approximate surface area is 84.1 Å². The first-order chi connectivity index (χ1) is 7.27. The SMILES string of the molecule is O=C(O)C(Cn1ccnn1)n1ccnn1. The Morgan fingerprint density at radius 1 is 1.27 bits per heavy atom. The van der Waals surface area contributed by atoms with Gasteiger partial charge in [-0.1, -0.05) is 10.4 Å². The molecule has 0 amide bonds. The van der Waals surface area contributed by atoms with Crippen LogP contribution >= 0.6 is 0 Å². The number of hydrogen-bond donors (Lipinski definition) is 1. The number of hydrogen-bond acceptors (Lipinski definition) is 5. The van der Waals surface area contributed by atoms with Gasteiger partial charge in [0, 0.05) is 12.4 Å². The summed E-state index contributed by atoms with van der Waals surface area (Å²) in [6.07, 6.45) is 6.00. The Bertz CT molecular complexity index is 422. The quantitative estimate of drug-likeness (QED) is 0.705. The summed E-state index contributed by atoms with van der Waals surface area (Å²) in [5.41, 5.74) is 0. The minimum absolute atomic E-state index is 0.165. The molecule has 2 heterocycles. The first-order valence-corrected chi connectivity index (χ1v) is 4.20. The highest BCUT2D eigenvalue weighted by Crippen LogP contribution is 2.06. The lowest BCUT2D eigenvalue weighted by atomic mass is 10.3. The van der Waals surface area contributed by atoms with E-state index in [0.29, 0.717) is 0 Å². The molecule has 0 fully saturated rings. The molecule has 0 saturated heterocycles. The highest BCUT2D eigenvalue weighted by molar-refractivity contribution is 5.71. The van der Waals surface area contributed by atoms with E-state index >= 15 is 0 Å². The second-order valence-electron chi connectivity index (χ2n) is 2.86. The van der Waals surface area contributed by atoms with Gasteiger partial charge in [0.25, 0.3) is 0 Å². The molecule has 78 valence electrons. The van der Waals surface area contributed by atoms with Crippen LogP contribution in [0, 0.1) is 0 Å². The minimum atomic E-state index is -0.990. The van der Waals surface area contributed by atoms with Gasteiger partial charge in [-0.3, -0.25) is 0 Å². The normalized spacial score (nSPS) is 12.5. The number of rotatable bonds is 4. The van der Waals surface area contributed by atoms with E-state index in [1.807, 2.05) is 0 Å². The van der Waals surface area contributed by atoms with Gasteiger partial charge in [0.05, 0.1) is 18.9 Å². The van der Waals surface area contributed by atoms with E-state index in [0.717, 1.165) is 0 Å². The lowest BCUT2D eigenvalue weighted by Crippen LogP contribution is -2.25. The first-order valence-electron chi connectivity index (χ1n) is 4.20. The van der Waals surface area contributed by atoms with Crippen LogP contribution in [0.15, 0.2) is 24.8 Å². The molecule has 0 spiro atoms. The first kappa shape index (κ1) is 9.31. The summed E-state index contributed by atoms with van der Waals surface area (Å²) >= 11 is 0. The molecular weight excluding hydrogens is 200 g/mol. The molecule has 0 aliphatic rings. The van der Waals surface area contributed by atoms with Crippen LogP contribution in [-0.2, 0) is 11.3 Å². The number of aromatic nitrogens is 6. The van der Waals surface area contributed by atoms with Gasteiger partial charge in [-0.25, -0.2) is 14.2 Å². The third-order valence-corrected chi connectivity index (χ3v) is 1.88. The molecule has 0 radical (unpaired) electrons. The molecule has 0 aromatic carbocycles. The Morgan fingerprint density at radius 3 is 2.53 bits per heavy atom. The van der Waals surface area contributed by atoms with Gasteiger partial charge in [-0.2, -0.15) is 0 Å². The summed E-state index contributed by atoms with van der Waals surface area (Å²) in [5.74, 6) is -0.990. The summed E-state index contributed by atoms with van der Waals surface area (Å²) in [7, 11) is 0. The molecule has 8 nitrogen and oxygen atoms in total. The van der Waals surface area contributed by atoms with Crippen LogP contribution in [0.3, 0.4) is 0 Å². The van der Waals surface area contributed by atoms with Crippen LogP contribution in [0.5, 0.6) is 0 Å². The van der Waals surface area contributed by atoms with E-state index < -0.39 is 12.0 Å². The standard InChI is InChI=1S/C7H8N6O2/c14-7(15)6(13-4-2-9-11-13)5-12-3-1-8-10-12/h1-4,6H,5H2,(H,14,15). The zero-order chi connectivity index (χ0) is 10.7. The van der Waals surface area contributed by atoms with E-state index in [1.165, 1.54) is 28.0 Å². The summed E-state index contributed by atoms with van der Waals surface area (Å²) in [5, 5.41) is 23.5. The molecule has 1 N–H and O–H groups in total. The van der Waals surface area contributed by atoms with Crippen LogP contribution in [0.1, 0.15) is 6.04 Å². The van der Waals surface area contributed by atoms with Crippen molar-refractivity contribution >= 4 is 5.97 Å². The fourth-order valence-electron chi connectivity index (χ4n) is 1.17. The molecule has 0 bridgehead atoms. The Balaban J connectivity index is 2.18. The average Bonchev–Trinajstić information content (AvgIpc) is 2.87. The van der Waals surface area contributed by atoms with Crippen LogP contribution in [-0.4, -0.2) is 41.1 Å². The van der Waals surface area contributed by atoms with Crippen LogP contribution in [0.25, 0.3) is 0 Å². The number of aliphatic carboxylic acids is 1. The van der Waals surface area contributed by atoms with E-state index in [9.17, 15) is 4.79 Å². The molecule has 1 unspecified atom stereocenters. The van der Waals surface area contributed by atoms with Crippen molar-refractivity contribution in [2.45, 2.75) is 12.6 Å². The highest BCUT2D eigenvalue weighted by Gasteiger charge is 2.21. The van der Waals surface area contributed by atoms with Crippen molar-refractivity contribution in [1.82, 2.24) is 30.0 Å². The van der Waals surface area contributed by atoms with Crippen LogP contribution < -0.4 is 0 Å². The van der Waals surface area contributed by atoms with Gasteiger partial charge in [0.2, 0.25) is 0 Å². The molecule has 0 aliphatic heterocycles. The lowest BCUT2D eigenvalue weighted by Gasteiger charge is -2.11. The largest absolute Gasteiger partial charge is 0.480 e. The molecule has 8 heteroatoms. The van der Waals surface area contributed by atoms with E-state index in [4.69, 9.17) is 5.11 Å². The zero-order valence-electron chi connectivity index (χ0n) is 7.63. The predicted octanol–water partition coefficient (Wildman–Crippen LogP) is -0.805. The van der Waals surface area contributed by atoms with Crippen molar-refractivity contribution in [2.24, 2.45) is 0 Å². The third kappa shape index (κ3) is 1.98. The zero-order valence-corrected chi connectivity index (χ0v) is 7.63. The molecule has 0 saturated carbocycles. The van der Waals surface area contributed by atoms with Gasteiger partial charge in [-0.05, 0) is 0 Å². The molecule has 2 rings (SSSR count). The summed E-state index contributed by atoms with van der Waals surface area (Å²) in [6, 6.07) is -0.825. The average molecular weight is 208 g/mol. The Kier molecular flexibility index (Phi) is 2.40. The molecule has 0 aliphatic carbocycles. The third-order valence-electron chi connectivity index (χ3n) is 1.88. The van der Waals surface area contributed by atoms with Crippen molar-refractivity contribution in [2.75, 3.05) is 0 Å². The molecular formula is C7H8N6O2. The topological polar surface area (TPSA) is 98.7 Å². The molecule has 2 aromatic rings. The van der Waals surface area contributed by atoms with Gasteiger partial charge in [-0.15, -0.1) is 10.2 Å². The fraction of sp³-hybridized carbons (Fsp3) is 0.286. The monoisotopic (exact) mass is 208 g/mol. The summed E-state index contributed by atoms with van der Waals surface area (Å²) < 4.78 is 2.70. The van der Waals surface area contributed by atoms with Crippen LogP contribution in [0.4, 0.5) is 0 Å². The van der Waals surface area contributed by atoms with Crippen molar-refractivity contribution in [3.63, 3.8) is 0 Å². The van der Waals surface area contributed by atoms with Gasteiger partial charge >= 0.3 is 5.97 Å². The number of nitrogens with zero attached hydrogens (tertiary/aromatic N) is 6. The summed E-state index contributed by atoms with van der Waals surface area (Å²) in [6.45, 7) is 0.165. The van der Waals surface area contributed by atoms with E-state index in [-0.39, 0.29) is 6.54 Å². The maximum absolute atomic E-state index is 11.0. The number of carboxylic acid groups (broad SMARTS) is 1. The van der Waals surface area contributed by atoms with Gasteiger partial charge < -0.3 is 5.11 Å². The molecule has 1 atom stereocenters. The Hall–Kier alpha value is -2.25. The fourth-order valence-corrected chi connectivity index (χ4v) is 1.17. The van der Waals surface area contributed by atoms with Crippen LogP contribution in [0.2, 0.25) is 0 Å². The minimum Gasteiger partial charge on any atom is -0.480 e. The summed E-state index contributed by atoms with van der Waals surface area (Å²) in [4.78, 5) is 11.0. The van der Waals surface area contributed by atoms with Crippen molar-refractivity contribution in [3.05, 3.63) is 24.8 Å². The second kappa shape index (κ2) is 3.86. The predicted molar refractivity (Wildman–Crippen MR) is 46.7 cm³/mol. The Morgan fingerprint density at radius 2 is 2.00 bits per heavy atom. The second-order valence-corrected chi connectivity index (χ2v) is 2.86. The molecule has 15 heavy (non-hydrogen) atoms. The maximum atomic E-state index is 11.0. The highest BCUT2D eigenvalue weighted by atomic mass is 16.4. The van der Waals surface area contributed by atoms with Gasteiger partial charge in [0.1, 0.15) is 0 Å². The number of carboxylic acids is 1. The smallest absolute Gasteiger partial charge is 0.330 e. The maximum Gasteiger partial charge on any atom is 0.330 e. The van der Waals surface area contributed by atoms with Crippen molar-refractivity contribution in [1.29, 1.82) is 0 Å². The molecule has 2 aromatic heterocycles. The van der Waals surface area contributed by atoms with E-state index in [2.05, 4.69) is 20.6 Å². The van der Waals surface area contributed by atoms with E-state index in [1.54, 1.807) is 6.20 Å². The number of carbonyl (C=O) groups is 1.